The van der Waals surface area contributed by atoms with Crippen LogP contribution in [0.4, 0.5) is 5.69 Å². The van der Waals surface area contributed by atoms with Crippen molar-refractivity contribution in [2.24, 2.45) is 0 Å². The highest BCUT2D eigenvalue weighted by Gasteiger charge is 2.34. The number of nitrogens with one attached hydrogen (secondary N) is 1. The number of para-hydroxylation sites is 1. The van der Waals surface area contributed by atoms with Gasteiger partial charge in [0.1, 0.15) is 35.1 Å². The summed E-state index contributed by atoms with van der Waals surface area (Å²) in [6.45, 7) is 4.24. The lowest BCUT2D eigenvalue weighted by Crippen LogP contribution is -2.40. The van der Waals surface area contributed by atoms with Crippen molar-refractivity contribution in [3.8, 4) is 28.7 Å². The molecule has 0 saturated carbocycles. The van der Waals surface area contributed by atoms with Gasteiger partial charge in [-0.2, -0.15) is 12.6 Å². The van der Waals surface area contributed by atoms with Crippen molar-refractivity contribution in [1.29, 1.82) is 0 Å². The van der Waals surface area contributed by atoms with Gasteiger partial charge >= 0.3 is 5.97 Å². The molecule has 258 valence electrons. The second-order valence-electron chi connectivity index (χ2n) is 10.9. The second kappa shape index (κ2) is 17.8. The maximum Gasteiger partial charge on any atom is 0.327 e. The number of aliphatic carboxylic acids is 1. The number of fused-ring (bicyclic) bond motifs is 2. The summed E-state index contributed by atoms with van der Waals surface area (Å²) in [5.74, 6) is 2.34. The Morgan fingerprint density at radius 3 is 2.52 bits per heavy atom. The first-order chi connectivity index (χ1) is 23.1. The van der Waals surface area contributed by atoms with Gasteiger partial charge in [-0.25, -0.2) is 4.79 Å². The molecular weight excluding hydrogens is 659 g/mol. The molecule has 0 radical (unpaired) electrons. The Morgan fingerprint density at radius 2 is 1.81 bits per heavy atom. The van der Waals surface area contributed by atoms with Crippen molar-refractivity contribution in [2.75, 3.05) is 65.0 Å². The van der Waals surface area contributed by atoms with E-state index in [2.05, 4.69) is 29.9 Å². The molecule has 48 heavy (non-hydrogen) atoms. The predicted molar refractivity (Wildman–Crippen MR) is 186 cm³/mol. The van der Waals surface area contributed by atoms with Gasteiger partial charge in [0.05, 0.1) is 19.4 Å². The molecule has 2 amide bonds. The highest BCUT2D eigenvalue weighted by atomic mass is 32.2. The van der Waals surface area contributed by atoms with E-state index in [9.17, 15) is 14.4 Å². The summed E-state index contributed by atoms with van der Waals surface area (Å²) in [7, 11) is 5.51. The molecule has 2 aliphatic heterocycles. The third-order valence-electron chi connectivity index (χ3n) is 7.41. The lowest BCUT2D eigenvalue weighted by atomic mass is 10.1. The number of likely N-dealkylation sites (N-methyl/N-ethyl adjacent to an activating group) is 2. The molecule has 3 aromatic rings. The number of ether oxygens (including phenoxy) is 5. The number of nitrogens with zero attached hydrogens (tertiary/aromatic N) is 2. The van der Waals surface area contributed by atoms with E-state index in [4.69, 9.17) is 28.8 Å². The number of methoxy groups -OCH3 is 1. The Morgan fingerprint density at radius 1 is 1.06 bits per heavy atom. The normalized spacial score (nSPS) is 15.2. The standard InChI is InChI=1S/C29H32N2O6S.C5H9NO3S/c1-30(14-16-34-21-10-12-25-26(18-21)37-19-36-25)13-6-15-35-24-11-9-20(33-3)17-22(24)28-29(32)31(2)23-7-4-5-8-27(23)38-28;1-3(7)6-4(2-10)5(8)9/h4-5,7-12,17-18,28H,6,13-16,19H2,1-3H3;4,10H,2H2,1H3,(H,6,7)(H,8,9)/t28-;/m1./s1. The summed E-state index contributed by atoms with van der Waals surface area (Å²) >= 11 is 5.28. The predicted octanol–water partition coefficient (Wildman–Crippen LogP) is 4.52. The third kappa shape index (κ3) is 9.87. The number of rotatable bonds is 14. The van der Waals surface area contributed by atoms with Gasteiger partial charge in [0, 0.05) is 49.3 Å². The summed E-state index contributed by atoms with van der Waals surface area (Å²) in [4.78, 5) is 38.8. The molecule has 0 aliphatic carbocycles. The Kier molecular flexibility index (Phi) is 13.5. The van der Waals surface area contributed by atoms with Crippen LogP contribution in [0.2, 0.25) is 0 Å². The van der Waals surface area contributed by atoms with Gasteiger partial charge in [-0.15, -0.1) is 11.8 Å². The minimum Gasteiger partial charge on any atom is -0.497 e. The van der Waals surface area contributed by atoms with Crippen molar-refractivity contribution in [2.45, 2.75) is 29.5 Å². The van der Waals surface area contributed by atoms with Crippen LogP contribution in [0.25, 0.3) is 0 Å². The van der Waals surface area contributed by atoms with E-state index in [1.54, 1.807) is 23.8 Å². The number of carboxylic acids is 1. The SMILES string of the molecule is CC(=O)NC(CS)C(=O)O.COc1ccc(OCCCN(C)CCOc2ccc3c(c2)OCO3)c([C@H]2Sc3ccccc3N(C)C2=O)c1. The van der Waals surface area contributed by atoms with Crippen molar-refractivity contribution in [3.63, 3.8) is 0 Å². The van der Waals surface area contributed by atoms with E-state index >= 15 is 0 Å². The Balaban J connectivity index is 0.000000453. The average molecular weight is 700 g/mol. The smallest absolute Gasteiger partial charge is 0.327 e. The van der Waals surface area contributed by atoms with E-state index in [0.717, 1.165) is 52.9 Å². The van der Waals surface area contributed by atoms with Gasteiger partial charge in [0.25, 0.3) is 0 Å². The number of carbonyl (C=O) groups excluding carboxylic acids is 2. The molecule has 3 aromatic carbocycles. The second-order valence-corrected chi connectivity index (χ2v) is 12.4. The van der Waals surface area contributed by atoms with Crippen LogP contribution in [0.5, 0.6) is 28.7 Å². The number of carboxylic acid groups (broad SMARTS) is 1. The van der Waals surface area contributed by atoms with Crippen molar-refractivity contribution in [1.82, 2.24) is 10.2 Å². The molecule has 0 spiro atoms. The molecule has 0 saturated heterocycles. The lowest BCUT2D eigenvalue weighted by molar-refractivity contribution is -0.140. The molecule has 2 heterocycles. The van der Waals surface area contributed by atoms with Gasteiger partial charge in [0.2, 0.25) is 18.6 Å². The number of benzene rings is 3. The highest BCUT2D eigenvalue weighted by Crippen LogP contribution is 2.48. The zero-order chi connectivity index (χ0) is 34.6. The van der Waals surface area contributed by atoms with E-state index in [0.29, 0.717) is 24.7 Å². The monoisotopic (exact) mass is 699 g/mol. The maximum atomic E-state index is 13.3. The fourth-order valence-electron chi connectivity index (χ4n) is 4.84. The number of anilines is 1. The Hall–Kier alpha value is -4.27. The van der Waals surface area contributed by atoms with Gasteiger partial charge in [-0.3, -0.25) is 9.59 Å². The summed E-state index contributed by atoms with van der Waals surface area (Å²) in [5.41, 5.74) is 1.75. The summed E-state index contributed by atoms with van der Waals surface area (Å²) in [6, 6.07) is 18.4. The molecule has 12 nitrogen and oxygen atoms in total. The van der Waals surface area contributed by atoms with Crippen LogP contribution < -0.4 is 33.9 Å². The molecule has 1 unspecified atom stereocenters. The fraction of sp³-hybridized carbons (Fsp3) is 0.382. The van der Waals surface area contributed by atoms with Crippen LogP contribution >= 0.6 is 24.4 Å². The van der Waals surface area contributed by atoms with Crippen LogP contribution in [-0.4, -0.2) is 93.9 Å². The zero-order valence-electron chi connectivity index (χ0n) is 27.3. The molecule has 2 aliphatic rings. The first-order valence-electron chi connectivity index (χ1n) is 15.3. The highest BCUT2D eigenvalue weighted by molar-refractivity contribution is 8.00. The van der Waals surface area contributed by atoms with Crippen molar-refractivity contribution >= 4 is 47.9 Å². The summed E-state index contributed by atoms with van der Waals surface area (Å²) < 4.78 is 28.3. The van der Waals surface area contributed by atoms with Gasteiger partial charge in [-0.1, -0.05) is 12.1 Å². The van der Waals surface area contributed by atoms with Crippen LogP contribution in [0, 0.1) is 0 Å². The van der Waals surface area contributed by atoms with Crippen molar-refractivity contribution in [3.05, 3.63) is 66.2 Å². The number of thioether (sulfide) groups is 1. The van der Waals surface area contributed by atoms with Gasteiger partial charge in [0.15, 0.2) is 11.5 Å². The number of hydrogen-bond donors (Lipinski definition) is 3. The average Bonchev–Trinajstić information content (AvgIpc) is 3.55. The molecule has 0 fully saturated rings. The zero-order valence-corrected chi connectivity index (χ0v) is 29.1. The number of thiol groups is 1. The first kappa shape index (κ1) is 36.6. The molecule has 5 rings (SSSR count). The summed E-state index contributed by atoms with van der Waals surface area (Å²) in [5, 5.41) is 10.2. The largest absolute Gasteiger partial charge is 0.497 e. The number of amides is 2. The van der Waals surface area contributed by atoms with Crippen LogP contribution in [0.3, 0.4) is 0 Å². The van der Waals surface area contributed by atoms with Gasteiger partial charge < -0.3 is 43.9 Å². The maximum absolute atomic E-state index is 13.3. The number of hydrogen-bond acceptors (Lipinski definition) is 11. The Bertz CT molecular complexity index is 1570. The molecular formula is C34H41N3O9S2. The van der Waals surface area contributed by atoms with E-state index in [-0.39, 0.29) is 24.4 Å². The third-order valence-corrected chi connectivity index (χ3v) is 9.07. The quantitative estimate of drug-likeness (QED) is 0.162. The van der Waals surface area contributed by atoms with E-state index in [1.807, 2.05) is 67.7 Å². The molecule has 0 bridgehead atoms. The minimum atomic E-state index is -1.06. The Labute approximate surface area is 290 Å². The van der Waals surface area contributed by atoms with Gasteiger partial charge in [-0.05, 0) is 55.9 Å². The molecule has 0 aromatic heterocycles. The van der Waals surface area contributed by atoms with Crippen LogP contribution in [0.15, 0.2) is 65.6 Å². The van der Waals surface area contributed by atoms with Crippen LogP contribution in [0.1, 0.15) is 24.2 Å². The molecule has 2 N–H and O–H groups in total. The minimum absolute atomic E-state index is 0.0222. The first-order valence-corrected chi connectivity index (χ1v) is 16.8. The molecule has 14 heteroatoms. The van der Waals surface area contributed by atoms with E-state index < -0.39 is 17.3 Å². The van der Waals surface area contributed by atoms with Crippen LogP contribution in [-0.2, 0) is 14.4 Å². The fourth-order valence-corrected chi connectivity index (χ4v) is 6.39. The summed E-state index contributed by atoms with van der Waals surface area (Å²) in [6.07, 6.45) is 0.834. The van der Waals surface area contributed by atoms with Crippen molar-refractivity contribution < 1.29 is 43.2 Å². The lowest BCUT2D eigenvalue weighted by Gasteiger charge is -2.32. The number of carbonyl (C=O) groups is 3. The topological polar surface area (TPSA) is 136 Å². The van der Waals surface area contributed by atoms with E-state index in [1.165, 1.54) is 6.92 Å². The molecule has 2 atom stereocenters.